The van der Waals surface area contributed by atoms with Crippen LogP contribution in [0.4, 0.5) is 5.95 Å². The molecule has 2 aromatic heterocycles. The van der Waals surface area contributed by atoms with Crippen molar-refractivity contribution in [2.45, 2.75) is 37.8 Å². The lowest BCUT2D eigenvalue weighted by molar-refractivity contribution is 0.0971. The quantitative estimate of drug-likeness (QED) is 0.788. The van der Waals surface area contributed by atoms with Crippen molar-refractivity contribution in [2.75, 3.05) is 24.5 Å². The van der Waals surface area contributed by atoms with Gasteiger partial charge in [-0.3, -0.25) is 4.90 Å². The number of aromatic nitrogens is 4. The van der Waals surface area contributed by atoms with Gasteiger partial charge in [-0.25, -0.2) is 15.0 Å². The molecule has 6 nitrogen and oxygen atoms in total. The Labute approximate surface area is 153 Å². The van der Waals surface area contributed by atoms with Crippen LogP contribution in [0.15, 0.2) is 42.7 Å². The number of para-hydroxylation sites is 2. The van der Waals surface area contributed by atoms with Crippen LogP contribution in [0.2, 0.25) is 0 Å². The molecule has 3 aromatic rings. The molecule has 2 fully saturated rings. The fourth-order valence-electron chi connectivity index (χ4n) is 4.65. The first kappa shape index (κ1) is 15.8. The van der Waals surface area contributed by atoms with Crippen LogP contribution in [0, 0.1) is 0 Å². The SMILES string of the molecule is c1cnc(N2CCC3(CCCN3Cc3nc4ccccc4[nH]3)CC2)nc1. The zero-order valence-corrected chi connectivity index (χ0v) is 14.9. The second-order valence-corrected chi connectivity index (χ2v) is 7.49. The van der Waals surface area contributed by atoms with E-state index in [9.17, 15) is 0 Å². The van der Waals surface area contributed by atoms with Crippen LogP contribution >= 0.6 is 0 Å². The van der Waals surface area contributed by atoms with E-state index in [2.05, 4.69) is 43.0 Å². The second-order valence-electron chi connectivity index (χ2n) is 7.49. The van der Waals surface area contributed by atoms with Crippen LogP contribution in [0.3, 0.4) is 0 Å². The summed E-state index contributed by atoms with van der Waals surface area (Å²) in [6.45, 7) is 4.14. The number of fused-ring (bicyclic) bond motifs is 1. The van der Waals surface area contributed by atoms with Crippen molar-refractivity contribution in [3.8, 4) is 0 Å². The van der Waals surface area contributed by atoms with Crippen LogP contribution in [0.5, 0.6) is 0 Å². The van der Waals surface area contributed by atoms with Gasteiger partial charge in [-0.1, -0.05) is 12.1 Å². The Balaban J connectivity index is 1.31. The van der Waals surface area contributed by atoms with Gasteiger partial charge in [0.05, 0.1) is 17.6 Å². The van der Waals surface area contributed by atoms with Crippen LogP contribution in [0.25, 0.3) is 11.0 Å². The van der Waals surface area contributed by atoms with Crippen LogP contribution in [-0.4, -0.2) is 50.0 Å². The van der Waals surface area contributed by atoms with Crippen molar-refractivity contribution in [3.05, 3.63) is 48.5 Å². The summed E-state index contributed by atoms with van der Waals surface area (Å²) >= 11 is 0. The second kappa shape index (κ2) is 6.36. The lowest BCUT2D eigenvalue weighted by atomic mass is 9.85. The average Bonchev–Trinajstić information content (AvgIpc) is 3.27. The van der Waals surface area contributed by atoms with Gasteiger partial charge < -0.3 is 9.88 Å². The summed E-state index contributed by atoms with van der Waals surface area (Å²) in [6, 6.07) is 10.2. The number of hydrogen-bond donors (Lipinski definition) is 1. The molecule has 1 N–H and O–H groups in total. The Kier molecular flexibility index (Phi) is 3.85. The van der Waals surface area contributed by atoms with E-state index in [0.717, 1.165) is 42.4 Å². The van der Waals surface area contributed by atoms with Crippen molar-refractivity contribution in [1.29, 1.82) is 0 Å². The van der Waals surface area contributed by atoms with E-state index in [1.807, 2.05) is 24.5 Å². The van der Waals surface area contributed by atoms with E-state index in [0.29, 0.717) is 5.54 Å². The normalized spacial score (nSPS) is 20.2. The summed E-state index contributed by atoms with van der Waals surface area (Å²) in [5.41, 5.74) is 2.50. The summed E-state index contributed by atoms with van der Waals surface area (Å²) in [5, 5.41) is 0. The third-order valence-corrected chi connectivity index (χ3v) is 6.05. The topological polar surface area (TPSA) is 60.9 Å². The molecule has 1 spiro atoms. The lowest BCUT2D eigenvalue weighted by Crippen LogP contribution is -2.52. The zero-order chi connectivity index (χ0) is 17.4. The number of aromatic amines is 1. The highest BCUT2D eigenvalue weighted by atomic mass is 15.3. The summed E-state index contributed by atoms with van der Waals surface area (Å²) < 4.78 is 0. The standard InChI is InChI=1S/C20H24N6/c1-2-6-17-16(5-1)23-18(24-17)15-26-12-3-7-20(26)8-13-25(14-9-20)19-21-10-4-11-22-19/h1-2,4-6,10-11H,3,7-9,12-15H2,(H,23,24). The maximum Gasteiger partial charge on any atom is 0.225 e. The molecule has 2 aliphatic rings. The van der Waals surface area contributed by atoms with Crippen LogP contribution in [0.1, 0.15) is 31.5 Å². The number of hydrogen-bond acceptors (Lipinski definition) is 5. The van der Waals surface area contributed by atoms with E-state index in [1.54, 1.807) is 0 Å². The van der Waals surface area contributed by atoms with Gasteiger partial charge in [0, 0.05) is 31.0 Å². The van der Waals surface area contributed by atoms with Gasteiger partial charge in [-0.2, -0.15) is 0 Å². The Hall–Kier alpha value is -2.47. The van der Waals surface area contributed by atoms with Gasteiger partial charge in [0.2, 0.25) is 5.95 Å². The monoisotopic (exact) mass is 348 g/mol. The highest BCUT2D eigenvalue weighted by molar-refractivity contribution is 5.74. The third-order valence-electron chi connectivity index (χ3n) is 6.05. The van der Waals surface area contributed by atoms with Crippen molar-refractivity contribution in [2.24, 2.45) is 0 Å². The number of likely N-dealkylation sites (tertiary alicyclic amines) is 1. The molecular weight excluding hydrogens is 324 g/mol. The van der Waals surface area contributed by atoms with Crippen molar-refractivity contribution in [3.63, 3.8) is 0 Å². The van der Waals surface area contributed by atoms with Gasteiger partial charge in [0.25, 0.3) is 0 Å². The molecule has 0 unspecified atom stereocenters. The van der Waals surface area contributed by atoms with E-state index < -0.39 is 0 Å². The number of piperidine rings is 1. The van der Waals surface area contributed by atoms with E-state index >= 15 is 0 Å². The predicted molar refractivity (Wildman–Crippen MR) is 102 cm³/mol. The van der Waals surface area contributed by atoms with Crippen molar-refractivity contribution >= 4 is 17.0 Å². The number of benzene rings is 1. The third kappa shape index (κ3) is 2.74. The minimum absolute atomic E-state index is 0.310. The molecular formula is C20H24N6. The van der Waals surface area contributed by atoms with Gasteiger partial charge in [0.1, 0.15) is 5.82 Å². The summed E-state index contributed by atoms with van der Waals surface area (Å²) in [4.78, 5) is 22.1. The van der Waals surface area contributed by atoms with Gasteiger partial charge >= 0.3 is 0 Å². The summed E-state index contributed by atoms with van der Waals surface area (Å²) in [7, 11) is 0. The first-order chi connectivity index (χ1) is 12.8. The number of nitrogens with one attached hydrogen (secondary N) is 1. The lowest BCUT2D eigenvalue weighted by Gasteiger charge is -2.44. The first-order valence-electron chi connectivity index (χ1n) is 9.53. The van der Waals surface area contributed by atoms with Crippen LogP contribution < -0.4 is 4.90 Å². The maximum atomic E-state index is 4.79. The molecule has 4 heterocycles. The summed E-state index contributed by atoms with van der Waals surface area (Å²) in [5.74, 6) is 1.95. The first-order valence-corrected chi connectivity index (χ1v) is 9.53. The van der Waals surface area contributed by atoms with E-state index in [4.69, 9.17) is 4.98 Å². The van der Waals surface area contributed by atoms with Gasteiger partial charge in [0.15, 0.2) is 0 Å². The Morgan fingerprint density at radius 1 is 0.962 bits per heavy atom. The fourth-order valence-corrected chi connectivity index (χ4v) is 4.65. The van der Waals surface area contributed by atoms with Gasteiger partial charge in [-0.15, -0.1) is 0 Å². The molecule has 0 bridgehead atoms. The molecule has 26 heavy (non-hydrogen) atoms. The number of imidazole rings is 1. The molecule has 5 rings (SSSR count). The highest BCUT2D eigenvalue weighted by Crippen LogP contribution is 2.39. The predicted octanol–water partition coefficient (Wildman–Crippen LogP) is 2.99. The Bertz CT molecular complexity index is 848. The van der Waals surface area contributed by atoms with E-state index in [1.165, 1.54) is 32.2 Å². The Morgan fingerprint density at radius 2 is 1.77 bits per heavy atom. The number of nitrogens with zero attached hydrogens (tertiary/aromatic N) is 5. The number of H-pyrrole nitrogens is 1. The number of rotatable bonds is 3. The fraction of sp³-hybridized carbons (Fsp3) is 0.450. The van der Waals surface area contributed by atoms with Crippen molar-refractivity contribution in [1.82, 2.24) is 24.8 Å². The molecule has 0 amide bonds. The van der Waals surface area contributed by atoms with Crippen molar-refractivity contribution < 1.29 is 0 Å². The average molecular weight is 348 g/mol. The molecule has 0 atom stereocenters. The minimum Gasteiger partial charge on any atom is -0.341 e. The zero-order valence-electron chi connectivity index (χ0n) is 14.9. The van der Waals surface area contributed by atoms with Crippen LogP contribution in [-0.2, 0) is 6.54 Å². The highest BCUT2D eigenvalue weighted by Gasteiger charge is 2.43. The smallest absolute Gasteiger partial charge is 0.225 e. The van der Waals surface area contributed by atoms with E-state index in [-0.39, 0.29) is 0 Å². The molecule has 0 aliphatic carbocycles. The number of anilines is 1. The molecule has 6 heteroatoms. The molecule has 0 saturated carbocycles. The molecule has 2 aliphatic heterocycles. The minimum atomic E-state index is 0.310. The molecule has 0 radical (unpaired) electrons. The maximum absolute atomic E-state index is 4.79. The Morgan fingerprint density at radius 3 is 2.58 bits per heavy atom. The van der Waals surface area contributed by atoms with Gasteiger partial charge in [-0.05, 0) is 50.4 Å². The molecule has 134 valence electrons. The molecule has 2 saturated heterocycles. The largest absolute Gasteiger partial charge is 0.341 e. The molecule has 1 aromatic carbocycles. The summed E-state index contributed by atoms with van der Waals surface area (Å²) in [6.07, 6.45) is 8.57.